The molecule has 0 heterocycles. The lowest BCUT2D eigenvalue weighted by atomic mass is 10.0. The van der Waals surface area contributed by atoms with Crippen molar-refractivity contribution >= 4 is 0 Å². The van der Waals surface area contributed by atoms with Crippen LogP contribution in [0.4, 0.5) is 0 Å². The standard InChI is InChI=1S/C9H12.C2H6.C2H4/c1-8(2)9-6-4-3-5-7-9;2*1-2/h3-8H,1-2H3;1-2H3;1-2H2. The van der Waals surface area contributed by atoms with Crippen molar-refractivity contribution in [2.45, 2.75) is 33.6 Å². The lowest BCUT2D eigenvalue weighted by Gasteiger charge is -2.01. The molecular weight excluding hydrogens is 156 g/mol. The molecule has 0 heteroatoms. The maximum absolute atomic E-state index is 3.00. The van der Waals surface area contributed by atoms with Gasteiger partial charge in [-0.3, -0.25) is 0 Å². The molecule has 74 valence electrons. The van der Waals surface area contributed by atoms with Gasteiger partial charge in [0.2, 0.25) is 0 Å². The van der Waals surface area contributed by atoms with Crippen molar-refractivity contribution in [3.63, 3.8) is 0 Å². The van der Waals surface area contributed by atoms with E-state index in [0.29, 0.717) is 5.92 Å². The Morgan fingerprint density at radius 1 is 0.923 bits per heavy atom. The molecule has 0 N–H and O–H groups in total. The third-order valence-corrected chi connectivity index (χ3v) is 1.47. The Bertz CT molecular complexity index is 174. The summed E-state index contributed by atoms with van der Waals surface area (Å²) in [7, 11) is 0. The Hall–Kier alpha value is -1.04. The minimum Gasteiger partial charge on any atom is -0.106 e. The molecule has 0 spiro atoms. The first-order chi connectivity index (χ1) is 6.30. The summed E-state index contributed by atoms with van der Waals surface area (Å²) in [5.41, 5.74) is 1.41. The van der Waals surface area contributed by atoms with Crippen molar-refractivity contribution in [1.82, 2.24) is 0 Å². The second kappa shape index (κ2) is 11.0. The van der Waals surface area contributed by atoms with Crippen LogP contribution >= 0.6 is 0 Å². The fraction of sp³-hybridized carbons (Fsp3) is 0.385. The monoisotopic (exact) mass is 178 g/mol. The van der Waals surface area contributed by atoms with Gasteiger partial charge in [0.05, 0.1) is 0 Å². The molecule has 1 aromatic carbocycles. The van der Waals surface area contributed by atoms with Gasteiger partial charge in [-0.25, -0.2) is 0 Å². The number of hydrogen-bond acceptors (Lipinski definition) is 0. The van der Waals surface area contributed by atoms with E-state index in [1.807, 2.05) is 19.9 Å². The van der Waals surface area contributed by atoms with Crippen molar-refractivity contribution in [2.24, 2.45) is 0 Å². The SMILES string of the molecule is C=C.CC.CC(C)c1ccccc1. The van der Waals surface area contributed by atoms with Crippen molar-refractivity contribution in [3.8, 4) is 0 Å². The molecule has 1 rings (SSSR count). The van der Waals surface area contributed by atoms with Crippen LogP contribution in [0.15, 0.2) is 43.5 Å². The molecule has 0 unspecified atom stereocenters. The van der Waals surface area contributed by atoms with E-state index >= 15 is 0 Å². The summed E-state index contributed by atoms with van der Waals surface area (Å²) in [4.78, 5) is 0. The summed E-state index contributed by atoms with van der Waals surface area (Å²) in [6.45, 7) is 14.4. The van der Waals surface area contributed by atoms with Gasteiger partial charge in [0, 0.05) is 0 Å². The number of hydrogen-bond donors (Lipinski definition) is 0. The first-order valence-electron chi connectivity index (χ1n) is 4.85. The van der Waals surface area contributed by atoms with E-state index in [4.69, 9.17) is 0 Å². The van der Waals surface area contributed by atoms with Gasteiger partial charge in [-0.2, -0.15) is 0 Å². The van der Waals surface area contributed by atoms with Gasteiger partial charge in [-0.05, 0) is 11.5 Å². The van der Waals surface area contributed by atoms with E-state index in [9.17, 15) is 0 Å². The average Bonchev–Trinajstić information content (AvgIpc) is 2.25. The highest BCUT2D eigenvalue weighted by Crippen LogP contribution is 2.11. The summed E-state index contributed by atoms with van der Waals surface area (Å²) in [5.74, 6) is 0.659. The summed E-state index contributed by atoms with van der Waals surface area (Å²) in [6.07, 6.45) is 0. The smallest absolute Gasteiger partial charge is 0.0219 e. The van der Waals surface area contributed by atoms with Crippen LogP contribution in [-0.4, -0.2) is 0 Å². The van der Waals surface area contributed by atoms with Crippen molar-refractivity contribution in [3.05, 3.63) is 49.1 Å². The normalized spacial score (nSPS) is 7.77. The molecule has 0 amide bonds. The lowest BCUT2D eigenvalue weighted by Crippen LogP contribution is -1.83. The van der Waals surface area contributed by atoms with Crippen LogP contribution < -0.4 is 0 Å². The Balaban J connectivity index is 0. The molecule has 0 saturated heterocycles. The van der Waals surface area contributed by atoms with Crippen LogP contribution in [-0.2, 0) is 0 Å². The van der Waals surface area contributed by atoms with Crippen LogP contribution in [0.5, 0.6) is 0 Å². The zero-order valence-corrected chi connectivity index (χ0v) is 9.38. The van der Waals surface area contributed by atoms with Gasteiger partial charge >= 0.3 is 0 Å². The summed E-state index contributed by atoms with van der Waals surface area (Å²) in [5, 5.41) is 0. The first-order valence-corrected chi connectivity index (χ1v) is 4.85. The Morgan fingerprint density at radius 3 is 1.54 bits per heavy atom. The largest absolute Gasteiger partial charge is 0.106 e. The lowest BCUT2D eigenvalue weighted by molar-refractivity contribution is 0.867. The molecule has 1 aromatic rings. The zero-order chi connectivity index (χ0) is 10.7. The fourth-order valence-corrected chi connectivity index (χ4v) is 0.838. The van der Waals surface area contributed by atoms with E-state index < -0.39 is 0 Å². The molecule has 0 aliphatic heterocycles. The van der Waals surface area contributed by atoms with Crippen molar-refractivity contribution in [2.75, 3.05) is 0 Å². The molecule has 0 fully saturated rings. The van der Waals surface area contributed by atoms with Gasteiger partial charge in [-0.1, -0.05) is 58.0 Å². The maximum Gasteiger partial charge on any atom is -0.0219 e. The Kier molecular flexibility index (Phi) is 12.2. The van der Waals surface area contributed by atoms with Crippen LogP contribution in [0.1, 0.15) is 39.2 Å². The average molecular weight is 178 g/mol. The van der Waals surface area contributed by atoms with Crippen molar-refractivity contribution < 1.29 is 0 Å². The fourth-order valence-electron chi connectivity index (χ4n) is 0.838. The predicted molar refractivity (Wildman–Crippen MR) is 63.1 cm³/mol. The van der Waals surface area contributed by atoms with Crippen molar-refractivity contribution in [1.29, 1.82) is 0 Å². The minimum absolute atomic E-state index is 0.659. The molecule has 0 saturated carbocycles. The predicted octanol–water partition coefficient (Wildman–Crippen LogP) is 4.64. The second-order valence-corrected chi connectivity index (χ2v) is 2.57. The quantitative estimate of drug-likeness (QED) is 0.550. The van der Waals surface area contributed by atoms with Crippen LogP contribution in [0.25, 0.3) is 0 Å². The highest BCUT2D eigenvalue weighted by molar-refractivity contribution is 5.17. The molecule has 0 aliphatic carbocycles. The third kappa shape index (κ3) is 7.32. The maximum atomic E-state index is 3.00. The minimum atomic E-state index is 0.659. The molecule has 0 aromatic heterocycles. The van der Waals surface area contributed by atoms with Crippen LogP contribution in [0.2, 0.25) is 0 Å². The molecule has 0 atom stereocenters. The van der Waals surface area contributed by atoms with Gasteiger partial charge in [-0.15, -0.1) is 13.2 Å². The number of benzene rings is 1. The van der Waals surface area contributed by atoms with E-state index in [1.54, 1.807) is 0 Å². The molecule has 13 heavy (non-hydrogen) atoms. The van der Waals surface area contributed by atoms with Gasteiger partial charge in [0.1, 0.15) is 0 Å². The molecular formula is C13H22. The first kappa shape index (κ1) is 14.5. The van der Waals surface area contributed by atoms with E-state index in [2.05, 4.69) is 51.3 Å². The Morgan fingerprint density at radius 2 is 1.31 bits per heavy atom. The van der Waals surface area contributed by atoms with E-state index in [0.717, 1.165) is 0 Å². The topological polar surface area (TPSA) is 0 Å². The van der Waals surface area contributed by atoms with E-state index in [-0.39, 0.29) is 0 Å². The van der Waals surface area contributed by atoms with Crippen LogP contribution in [0, 0.1) is 0 Å². The van der Waals surface area contributed by atoms with Gasteiger partial charge in [0.15, 0.2) is 0 Å². The van der Waals surface area contributed by atoms with Gasteiger partial charge < -0.3 is 0 Å². The second-order valence-electron chi connectivity index (χ2n) is 2.57. The third-order valence-electron chi connectivity index (χ3n) is 1.47. The molecule has 0 radical (unpaired) electrons. The summed E-state index contributed by atoms with van der Waals surface area (Å²) >= 11 is 0. The Labute approximate surface area is 83.3 Å². The molecule has 0 bridgehead atoms. The van der Waals surface area contributed by atoms with Gasteiger partial charge in [0.25, 0.3) is 0 Å². The number of rotatable bonds is 1. The summed E-state index contributed by atoms with van der Waals surface area (Å²) < 4.78 is 0. The van der Waals surface area contributed by atoms with E-state index in [1.165, 1.54) is 5.56 Å². The highest BCUT2D eigenvalue weighted by atomic mass is 14.0. The zero-order valence-electron chi connectivity index (χ0n) is 9.38. The highest BCUT2D eigenvalue weighted by Gasteiger charge is 1.93. The summed E-state index contributed by atoms with van der Waals surface area (Å²) in [6, 6.07) is 10.5. The van der Waals surface area contributed by atoms with Crippen LogP contribution in [0.3, 0.4) is 0 Å². The molecule has 0 nitrogen and oxygen atoms in total. The molecule has 0 aliphatic rings.